The van der Waals surface area contributed by atoms with Gasteiger partial charge in [-0.1, -0.05) is 13.0 Å². The van der Waals surface area contributed by atoms with E-state index in [-0.39, 0.29) is 5.48 Å². The van der Waals surface area contributed by atoms with Crippen molar-refractivity contribution >= 4 is 10.8 Å². The zero-order valence-corrected chi connectivity index (χ0v) is 17.2. The number of pyridine rings is 1. The maximum atomic E-state index is 12.7. The maximum Gasteiger partial charge on any atom is 0.433 e. The Bertz CT molecular complexity index is 631. The molecule has 0 aromatic carbocycles. The molecule has 3 rings (SSSR count). The van der Waals surface area contributed by atoms with Crippen LogP contribution in [-0.4, -0.2) is 50.2 Å². The summed E-state index contributed by atoms with van der Waals surface area (Å²) in [4.78, 5) is 6.19. The molecular formula is C20H31F3N2O2S. The number of likely N-dealkylation sites (tertiary alicyclic amines) is 1. The van der Waals surface area contributed by atoms with Gasteiger partial charge < -0.3 is 10.4 Å². The Morgan fingerprint density at radius 1 is 1.18 bits per heavy atom. The molecule has 1 unspecified atom stereocenters. The fourth-order valence-electron chi connectivity index (χ4n) is 4.53. The fourth-order valence-corrected chi connectivity index (χ4v) is 5.57. The van der Waals surface area contributed by atoms with E-state index in [9.17, 15) is 17.4 Å². The highest BCUT2D eigenvalue weighted by atomic mass is 32.2. The molecule has 0 bridgehead atoms. The quantitative estimate of drug-likeness (QED) is 0.728. The molecule has 2 fully saturated rings. The molecule has 0 spiro atoms. The molecule has 1 aromatic heterocycles. The van der Waals surface area contributed by atoms with E-state index >= 15 is 0 Å². The highest BCUT2D eigenvalue weighted by Gasteiger charge is 2.33. The van der Waals surface area contributed by atoms with Gasteiger partial charge in [0.2, 0.25) is 0 Å². The van der Waals surface area contributed by atoms with Gasteiger partial charge in [0.15, 0.2) is 0 Å². The van der Waals surface area contributed by atoms with Crippen LogP contribution >= 0.6 is 0 Å². The van der Waals surface area contributed by atoms with Gasteiger partial charge in [0.05, 0.1) is 0 Å². The Hall–Kier alpha value is -0.990. The van der Waals surface area contributed by atoms with Gasteiger partial charge in [-0.05, 0) is 68.5 Å². The zero-order valence-electron chi connectivity index (χ0n) is 16.4. The van der Waals surface area contributed by atoms with Crippen LogP contribution in [0.4, 0.5) is 13.2 Å². The van der Waals surface area contributed by atoms with Gasteiger partial charge in [-0.15, -0.1) is 0 Å². The summed E-state index contributed by atoms with van der Waals surface area (Å²) in [6.07, 6.45) is 3.54. The highest BCUT2D eigenvalue weighted by Crippen LogP contribution is 2.37. The van der Waals surface area contributed by atoms with Gasteiger partial charge in [-0.25, -0.2) is 0 Å². The van der Waals surface area contributed by atoms with Crippen molar-refractivity contribution in [1.82, 2.24) is 9.88 Å². The molecular weight excluding hydrogens is 389 g/mol. The fraction of sp³-hybridized carbons (Fsp3) is 0.750. The van der Waals surface area contributed by atoms with Crippen LogP contribution in [0.5, 0.6) is 0 Å². The van der Waals surface area contributed by atoms with Crippen molar-refractivity contribution in [3.63, 3.8) is 0 Å². The molecule has 2 aliphatic rings. The third-order valence-corrected chi connectivity index (χ3v) is 7.54. The number of nitrogens with zero attached hydrogens (tertiary/aromatic N) is 2. The summed E-state index contributed by atoms with van der Waals surface area (Å²) in [6.45, 7) is 4.14. The SMILES string of the molecule is CCS(=O)C[C@H]1CCCN(C2CCC(c3ccc(C(F)(F)F)nc3)CC2)C1.O. The van der Waals surface area contributed by atoms with Crippen molar-refractivity contribution in [3.8, 4) is 0 Å². The molecule has 1 aliphatic heterocycles. The third kappa shape index (κ3) is 6.00. The summed E-state index contributed by atoms with van der Waals surface area (Å²) < 4.78 is 49.9. The molecule has 0 radical (unpaired) electrons. The van der Waals surface area contributed by atoms with E-state index in [0.717, 1.165) is 61.9 Å². The van der Waals surface area contributed by atoms with E-state index in [2.05, 4.69) is 9.88 Å². The zero-order chi connectivity index (χ0) is 19.4. The lowest BCUT2D eigenvalue weighted by Crippen LogP contribution is -2.45. The van der Waals surface area contributed by atoms with E-state index in [1.807, 2.05) is 6.92 Å². The molecule has 2 atom stereocenters. The molecule has 1 aliphatic carbocycles. The molecule has 2 heterocycles. The minimum atomic E-state index is -4.37. The summed E-state index contributed by atoms with van der Waals surface area (Å²) in [6, 6.07) is 3.25. The molecule has 8 heteroatoms. The van der Waals surface area contributed by atoms with Gasteiger partial charge >= 0.3 is 6.18 Å². The Labute approximate surface area is 167 Å². The van der Waals surface area contributed by atoms with Crippen LogP contribution in [0.15, 0.2) is 18.3 Å². The van der Waals surface area contributed by atoms with Crippen molar-refractivity contribution in [2.75, 3.05) is 24.6 Å². The molecule has 1 saturated carbocycles. The summed E-state index contributed by atoms with van der Waals surface area (Å²) in [5.41, 5.74) is 0.111. The van der Waals surface area contributed by atoms with E-state index in [4.69, 9.17) is 0 Å². The monoisotopic (exact) mass is 420 g/mol. The van der Waals surface area contributed by atoms with Crippen molar-refractivity contribution in [1.29, 1.82) is 0 Å². The van der Waals surface area contributed by atoms with Crippen LogP contribution < -0.4 is 0 Å². The molecule has 160 valence electrons. The van der Waals surface area contributed by atoms with Crippen molar-refractivity contribution < 1.29 is 22.9 Å². The van der Waals surface area contributed by atoms with Crippen LogP contribution in [-0.2, 0) is 17.0 Å². The van der Waals surface area contributed by atoms with E-state index in [0.29, 0.717) is 17.9 Å². The van der Waals surface area contributed by atoms with Gasteiger partial charge in [0.25, 0.3) is 0 Å². The average molecular weight is 421 g/mol. The first-order chi connectivity index (χ1) is 12.9. The highest BCUT2D eigenvalue weighted by molar-refractivity contribution is 7.84. The molecule has 1 saturated heterocycles. The third-order valence-electron chi connectivity index (χ3n) is 6.06. The molecule has 4 nitrogen and oxygen atoms in total. The second kappa shape index (κ2) is 10.2. The number of aromatic nitrogens is 1. The van der Waals surface area contributed by atoms with E-state index < -0.39 is 22.7 Å². The Morgan fingerprint density at radius 3 is 2.46 bits per heavy atom. The van der Waals surface area contributed by atoms with Crippen molar-refractivity contribution in [2.45, 2.75) is 63.6 Å². The minimum absolute atomic E-state index is 0. The molecule has 0 amide bonds. The first-order valence-corrected chi connectivity index (χ1v) is 11.5. The van der Waals surface area contributed by atoms with E-state index in [1.54, 1.807) is 6.07 Å². The normalized spacial score (nSPS) is 27.8. The number of halogens is 3. The standard InChI is InChI=1S/C20H29F3N2OS.H2O/c1-2-27(26)14-15-4-3-11-25(13-15)18-8-5-16(6-9-18)17-7-10-19(24-12-17)20(21,22)23;/h7,10,12,15-16,18H,2-6,8-9,11,13-14H2,1H3;1H2/t15-,16?,18?,27?;/m0./s1. The van der Waals surface area contributed by atoms with Gasteiger partial charge in [0, 0.05) is 41.1 Å². The van der Waals surface area contributed by atoms with Crippen LogP contribution in [0.3, 0.4) is 0 Å². The lowest BCUT2D eigenvalue weighted by atomic mass is 9.81. The predicted octanol–water partition coefficient (Wildman–Crippen LogP) is 3.78. The molecule has 2 N–H and O–H groups in total. The average Bonchev–Trinajstić information content (AvgIpc) is 2.68. The van der Waals surface area contributed by atoms with Crippen LogP contribution in [0.1, 0.15) is 62.6 Å². The molecule has 1 aromatic rings. The first kappa shape index (κ1) is 23.3. The van der Waals surface area contributed by atoms with Crippen molar-refractivity contribution in [2.24, 2.45) is 5.92 Å². The van der Waals surface area contributed by atoms with Crippen LogP contribution in [0.25, 0.3) is 0 Å². The summed E-state index contributed by atoms with van der Waals surface area (Å²) in [5, 5.41) is 0. The van der Waals surface area contributed by atoms with Gasteiger partial charge in [-0.3, -0.25) is 9.19 Å². The number of piperidine rings is 1. The number of alkyl halides is 3. The summed E-state index contributed by atoms with van der Waals surface area (Å²) in [7, 11) is -0.697. The van der Waals surface area contributed by atoms with Crippen molar-refractivity contribution in [3.05, 3.63) is 29.6 Å². The molecule has 28 heavy (non-hydrogen) atoms. The lowest BCUT2D eigenvalue weighted by Gasteiger charge is -2.41. The maximum absolute atomic E-state index is 12.7. The number of hydrogen-bond acceptors (Lipinski definition) is 3. The second-order valence-electron chi connectivity index (χ2n) is 7.88. The number of hydrogen-bond donors (Lipinski definition) is 0. The topological polar surface area (TPSA) is 64.7 Å². The Balaban J connectivity index is 0.00000280. The first-order valence-electron chi connectivity index (χ1n) is 9.99. The Kier molecular flexibility index (Phi) is 8.45. The summed E-state index contributed by atoms with van der Waals surface area (Å²) in [5.74, 6) is 2.41. The van der Waals surface area contributed by atoms with E-state index in [1.165, 1.54) is 19.0 Å². The van der Waals surface area contributed by atoms with Crippen LogP contribution in [0, 0.1) is 5.92 Å². The van der Waals surface area contributed by atoms with Gasteiger partial charge in [-0.2, -0.15) is 13.2 Å². The number of rotatable bonds is 5. The Morgan fingerprint density at radius 2 is 1.89 bits per heavy atom. The van der Waals surface area contributed by atoms with Gasteiger partial charge in [0.1, 0.15) is 5.69 Å². The smallest absolute Gasteiger partial charge is 0.412 e. The largest absolute Gasteiger partial charge is 0.433 e. The second-order valence-corrected chi connectivity index (χ2v) is 9.67. The predicted molar refractivity (Wildman–Crippen MR) is 106 cm³/mol. The lowest BCUT2D eigenvalue weighted by molar-refractivity contribution is -0.141. The van der Waals surface area contributed by atoms with Crippen LogP contribution in [0.2, 0.25) is 0 Å². The summed E-state index contributed by atoms with van der Waals surface area (Å²) >= 11 is 0. The minimum Gasteiger partial charge on any atom is -0.412 e.